The van der Waals surface area contributed by atoms with Crippen molar-refractivity contribution in [3.8, 4) is 5.75 Å². The van der Waals surface area contributed by atoms with E-state index in [1.807, 2.05) is 0 Å². The molecule has 1 heterocycles. The molecule has 0 radical (unpaired) electrons. The molecule has 1 aromatic carbocycles. The van der Waals surface area contributed by atoms with Crippen molar-refractivity contribution in [3.05, 3.63) is 51.7 Å². The second-order valence-corrected chi connectivity index (χ2v) is 5.42. The van der Waals surface area contributed by atoms with Crippen molar-refractivity contribution in [2.75, 3.05) is 13.7 Å². The van der Waals surface area contributed by atoms with E-state index in [2.05, 4.69) is 54.9 Å². The first-order valence-corrected chi connectivity index (χ1v) is 7.61. The Hall–Kier alpha value is -1.32. The molecule has 1 atom stereocenters. The summed E-state index contributed by atoms with van der Waals surface area (Å²) in [5, 5.41) is 5.62. The maximum atomic E-state index is 5.29. The van der Waals surface area contributed by atoms with E-state index in [0.29, 0.717) is 0 Å². The molecule has 102 valence electrons. The van der Waals surface area contributed by atoms with Gasteiger partial charge < -0.3 is 10.1 Å². The minimum Gasteiger partial charge on any atom is -0.496 e. The number of nitrogens with one attached hydrogen (secondary N) is 1. The average molecular weight is 275 g/mol. The molecule has 0 bridgehead atoms. The minimum atomic E-state index is 0.255. The van der Waals surface area contributed by atoms with Crippen LogP contribution < -0.4 is 10.1 Å². The van der Waals surface area contributed by atoms with E-state index in [1.165, 1.54) is 16.0 Å². The zero-order chi connectivity index (χ0) is 13.7. The molecule has 0 spiro atoms. The molecule has 0 aliphatic heterocycles. The third-order valence-electron chi connectivity index (χ3n) is 3.22. The van der Waals surface area contributed by atoms with Gasteiger partial charge in [-0.05, 0) is 30.2 Å². The zero-order valence-corrected chi connectivity index (χ0v) is 12.6. The van der Waals surface area contributed by atoms with Gasteiger partial charge in [-0.25, -0.2) is 0 Å². The fraction of sp³-hybridized carbons (Fsp3) is 0.375. The summed E-state index contributed by atoms with van der Waals surface area (Å²) in [6, 6.07) is 11.2. The number of benzene rings is 1. The Morgan fingerprint density at radius 2 is 2.11 bits per heavy atom. The largest absolute Gasteiger partial charge is 0.496 e. The number of aryl methyl sites for hydroxylation is 1. The van der Waals surface area contributed by atoms with Crippen molar-refractivity contribution in [1.29, 1.82) is 0 Å². The van der Waals surface area contributed by atoms with Gasteiger partial charge in [0, 0.05) is 10.3 Å². The zero-order valence-electron chi connectivity index (χ0n) is 11.8. The van der Waals surface area contributed by atoms with E-state index < -0.39 is 0 Å². The van der Waals surface area contributed by atoms with E-state index in [1.54, 1.807) is 18.4 Å². The van der Waals surface area contributed by atoms with E-state index in [-0.39, 0.29) is 6.04 Å². The highest BCUT2D eigenvalue weighted by Crippen LogP contribution is 2.31. The lowest BCUT2D eigenvalue weighted by Gasteiger charge is -2.17. The van der Waals surface area contributed by atoms with Crippen LogP contribution in [0.3, 0.4) is 0 Å². The Morgan fingerprint density at radius 1 is 1.26 bits per heavy atom. The molecule has 0 amide bonds. The molecule has 1 N–H and O–H groups in total. The van der Waals surface area contributed by atoms with E-state index in [0.717, 1.165) is 18.7 Å². The fourth-order valence-corrected chi connectivity index (χ4v) is 3.13. The number of hydrogen-bond donors (Lipinski definition) is 1. The van der Waals surface area contributed by atoms with Gasteiger partial charge in [0.05, 0.1) is 13.2 Å². The predicted molar refractivity (Wildman–Crippen MR) is 82.2 cm³/mol. The summed E-state index contributed by atoms with van der Waals surface area (Å²) in [7, 11) is 1.71. The average Bonchev–Trinajstić information content (AvgIpc) is 2.93. The Kier molecular flexibility index (Phi) is 5.00. The molecule has 0 aliphatic rings. The summed E-state index contributed by atoms with van der Waals surface area (Å²) in [6.45, 7) is 5.28. The molecule has 0 saturated carbocycles. The molecule has 2 rings (SSSR count). The first-order valence-electron chi connectivity index (χ1n) is 6.73. The van der Waals surface area contributed by atoms with Crippen molar-refractivity contribution in [1.82, 2.24) is 5.32 Å². The Morgan fingerprint density at radius 3 is 2.74 bits per heavy atom. The Balaban J connectivity index is 2.32. The molecule has 0 aliphatic carbocycles. The van der Waals surface area contributed by atoms with Gasteiger partial charge in [-0.15, -0.1) is 11.3 Å². The summed E-state index contributed by atoms with van der Waals surface area (Å²) < 4.78 is 5.29. The molecule has 19 heavy (non-hydrogen) atoms. The first-order chi connectivity index (χ1) is 9.28. The molecule has 1 unspecified atom stereocenters. The number of thiophene rings is 1. The topological polar surface area (TPSA) is 21.3 Å². The fourth-order valence-electron chi connectivity index (χ4n) is 2.17. The maximum absolute atomic E-state index is 5.29. The lowest BCUT2D eigenvalue weighted by molar-refractivity contribution is 0.416. The molecule has 2 nitrogen and oxygen atoms in total. The number of rotatable bonds is 6. The smallest absolute Gasteiger partial charge is 0.129 e. The Bertz CT molecular complexity index is 521. The normalized spacial score (nSPS) is 12.4. The van der Waals surface area contributed by atoms with Crippen LogP contribution in [-0.2, 0) is 6.42 Å². The van der Waals surface area contributed by atoms with Crippen LogP contribution in [-0.4, -0.2) is 13.7 Å². The second-order valence-electron chi connectivity index (χ2n) is 4.48. The summed E-state index contributed by atoms with van der Waals surface area (Å²) in [5.74, 6) is 0.939. The standard InChI is InChI=1S/C16H21NOS/c1-4-12-7-6-8-13(9-12)16(17-5-2)15-10-14(18-3)11-19-15/h6-11,16-17H,4-5H2,1-3H3. The summed E-state index contributed by atoms with van der Waals surface area (Å²) >= 11 is 1.74. The molecular weight excluding hydrogens is 254 g/mol. The van der Waals surface area contributed by atoms with Crippen molar-refractivity contribution in [2.45, 2.75) is 26.3 Å². The van der Waals surface area contributed by atoms with Crippen molar-refractivity contribution < 1.29 is 4.74 Å². The minimum absolute atomic E-state index is 0.255. The maximum Gasteiger partial charge on any atom is 0.129 e. The number of ether oxygens (including phenoxy) is 1. The molecule has 0 saturated heterocycles. The monoisotopic (exact) mass is 275 g/mol. The van der Waals surface area contributed by atoms with Crippen LogP contribution in [0.15, 0.2) is 35.7 Å². The van der Waals surface area contributed by atoms with Crippen LogP contribution in [0.5, 0.6) is 5.75 Å². The summed E-state index contributed by atoms with van der Waals surface area (Å²) in [5.41, 5.74) is 2.70. The second kappa shape index (κ2) is 6.73. The van der Waals surface area contributed by atoms with Gasteiger partial charge in [0.15, 0.2) is 0 Å². The van der Waals surface area contributed by atoms with Crippen molar-refractivity contribution in [2.24, 2.45) is 0 Å². The predicted octanol–water partition coefficient (Wildman–Crippen LogP) is 4.02. The van der Waals surface area contributed by atoms with Crippen LogP contribution in [0.2, 0.25) is 0 Å². The van der Waals surface area contributed by atoms with Gasteiger partial charge in [-0.2, -0.15) is 0 Å². The highest BCUT2D eigenvalue weighted by molar-refractivity contribution is 7.10. The molecule has 0 fully saturated rings. The van der Waals surface area contributed by atoms with E-state index in [4.69, 9.17) is 4.74 Å². The third kappa shape index (κ3) is 3.37. The van der Waals surface area contributed by atoms with E-state index in [9.17, 15) is 0 Å². The number of hydrogen-bond acceptors (Lipinski definition) is 3. The van der Waals surface area contributed by atoms with Crippen LogP contribution in [0.25, 0.3) is 0 Å². The van der Waals surface area contributed by atoms with Crippen LogP contribution in [0.4, 0.5) is 0 Å². The van der Waals surface area contributed by atoms with Crippen molar-refractivity contribution in [3.63, 3.8) is 0 Å². The lowest BCUT2D eigenvalue weighted by Crippen LogP contribution is -2.21. The van der Waals surface area contributed by atoms with Crippen LogP contribution >= 0.6 is 11.3 Å². The molecule has 1 aromatic heterocycles. The summed E-state index contributed by atoms with van der Waals surface area (Å²) in [4.78, 5) is 1.30. The van der Waals surface area contributed by atoms with Gasteiger partial charge in [0.1, 0.15) is 5.75 Å². The highest BCUT2D eigenvalue weighted by Gasteiger charge is 2.15. The molecular formula is C16H21NOS. The van der Waals surface area contributed by atoms with Crippen molar-refractivity contribution >= 4 is 11.3 Å². The quantitative estimate of drug-likeness (QED) is 0.860. The van der Waals surface area contributed by atoms with Crippen LogP contribution in [0, 0.1) is 0 Å². The highest BCUT2D eigenvalue weighted by atomic mass is 32.1. The molecule has 3 heteroatoms. The van der Waals surface area contributed by atoms with Gasteiger partial charge >= 0.3 is 0 Å². The Labute approximate surface area is 119 Å². The molecule has 2 aromatic rings. The number of methoxy groups -OCH3 is 1. The van der Waals surface area contributed by atoms with Gasteiger partial charge in [0.2, 0.25) is 0 Å². The van der Waals surface area contributed by atoms with E-state index >= 15 is 0 Å². The summed E-state index contributed by atoms with van der Waals surface area (Å²) in [6.07, 6.45) is 1.07. The lowest BCUT2D eigenvalue weighted by atomic mass is 10.0. The first kappa shape index (κ1) is 14.1. The van der Waals surface area contributed by atoms with Gasteiger partial charge in [0.25, 0.3) is 0 Å². The SMILES string of the molecule is CCNC(c1cccc(CC)c1)c1cc(OC)cs1. The van der Waals surface area contributed by atoms with Crippen LogP contribution in [0.1, 0.15) is 35.9 Å². The van der Waals surface area contributed by atoms with Gasteiger partial charge in [-0.3, -0.25) is 0 Å². The van der Waals surface area contributed by atoms with Gasteiger partial charge in [-0.1, -0.05) is 38.1 Å². The third-order valence-corrected chi connectivity index (χ3v) is 4.19.